The Bertz CT molecular complexity index is 1460. The highest BCUT2D eigenvalue weighted by atomic mass is 32.1. The maximum absolute atomic E-state index is 13.2. The van der Waals surface area contributed by atoms with Crippen LogP contribution in [-0.4, -0.2) is 25.3 Å². The summed E-state index contributed by atoms with van der Waals surface area (Å²) in [5.41, 5.74) is 4.33. The number of rotatable bonds is 5. The number of imidazole rings is 1. The molecular formula is C24H17F2N5OS. The van der Waals surface area contributed by atoms with Gasteiger partial charge in [0.25, 0.3) is 5.91 Å². The maximum Gasteiger partial charge on any atom is 0.263 e. The summed E-state index contributed by atoms with van der Waals surface area (Å²) in [4.78, 5) is 27.1. The van der Waals surface area contributed by atoms with Gasteiger partial charge in [-0.1, -0.05) is 11.3 Å². The second-order valence-corrected chi connectivity index (χ2v) is 8.36. The monoisotopic (exact) mass is 461 g/mol. The molecule has 0 radical (unpaired) electrons. The van der Waals surface area contributed by atoms with Crippen LogP contribution >= 0.6 is 11.3 Å². The average Bonchev–Trinajstić information content (AvgIpc) is 3.38. The molecule has 33 heavy (non-hydrogen) atoms. The minimum Gasteiger partial charge on any atom is -0.346 e. The number of carbonyl (C=O) groups is 1. The largest absolute Gasteiger partial charge is 0.346 e. The Labute approximate surface area is 191 Å². The standard InChI is InChI=1S/C24H17F2N5OS/c1-14-22(33-24-30-21(12-31(14)24)16-4-8-18(26)9-5-16)23(32)27-11-19-10-20(29-13-28-19)15-2-6-17(25)7-3-15/h2-10,12-13H,11H2,1H3,(H,27,32). The molecule has 164 valence electrons. The quantitative estimate of drug-likeness (QED) is 0.398. The van der Waals surface area contributed by atoms with Gasteiger partial charge in [0.2, 0.25) is 0 Å². The highest BCUT2D eigenvalue weighted by Crippen LogP contribution is 2.27. The number of carbonyl (C=O) groups excluding carboxylic acids is 1. The van der Waals surface area contributed by atoms with Gasteiger partial charge in [0, 0.05) is 23.0 Å². The van der Waals surface area contributed by atoms with E-state index in [9.17, 15) is 13.6 Å². The lowest BCUT2D eigenvalue weighted by molar-refractivity contribution is 0.0953. The fourth-order valence-corrected chi connectivity index (χ4v) is 4.47. The van der Waals surface area contributed by atoms with Crippen molar-refractivity contribution in [1.82, 2.24) is 24.7 Å². The van der Waals surface area contributed by atoms with Crippen molar-refractivity contribution < 1.29 is 13.6 Å². The van der Waals surface area contributed by atoms with Gasteiger partial charge in [-0.3, -0.25) is 9.20 Å². The first kappa shape index (κ1) is 20.9. The first-order valence-corrected chi connectivity index (χ1v) is 10.9. The molecule has 5 aromatic rings. The molecule has 3 heterocycles. The summed E-state index contributed by atoms with van der Waals surface area (Å²) in [6.45, 7) is 2.07. The minimum absolute atomic E-state index is 0.218. The van der Waals surface area contributed by atoms with E-state index >= 15 is 0 Å². The molecule has 0 aliphatic heterocycles. The lowest BCUT2D eigenvalue weighted by atomic mass is 10.1. The van der Waals surface area contributed by atoms with Gasteiger partial charge in [-0.05, 0) is 61.5 Å². The first-order valence-electron chi connectivity index (χ1n) is 10.1. The number of aromatic nitrogens is 4. The number of amides is 1. The number of nitrogens with one attached hydrogen (secondary N) is 1. The van der Waals surface area contributed by atoms with Crippen LogP contribution in [0.1, 0.15) is 21.1 Å². The summed E-state index contributed by atoms with van der Waals surface area (Å²) in [7, 11) is 0. The van der Waals surface area contributed by atoms with Gasteiger partial charge in [0.05, 0.1) is 23.6 Å². The number of hydrogen-bond acceptors (Lipinski definition) is 5. The molecule has 1 amide bonds. The average molecular weight is 461 g/mol. The van der Waals surface area contributed by atoms with E-state index < -0.39 is 0 Å². The van der Waals surface area contributed by atoms with Crippen LogP contribution in [0.4, 0.5) is 8.78 Å². The van der Waals surface area contributed by atoms with Crippen molar-refractivity contribution in [2.45, 2.75) is 13.5 Å². The van der Waals surface area contributed by atoms with Crippen LogP contribution in [0.2, 0.25) is 0 Å². The lowest BCUT2D eigenvalue weighted by Crippen LogP contribution is -2.23. The van der Waals surface area contributed by atoms with Crippen molar-refractivity contribution >= 4 is 22.2 Å². The molecule has 6 nitrogen and oxygen atoms in total. The molecule has 9 heteroatoms. The van der Waals surface area contributed by atoms with E-state index in [1.165, 1.54) is 41.9 Å². The number of fused-ring (bicyclic) bond motifs is 1. The third-order valence-corrected chi connectivity index (χ3v) is 6.35. The van der Waals surface area contributed by atoms with Crippen LogP contribution in [0.25, 0.3) is 27.5 Å². The molecule has 0 saturated heterocycles. The Balaban J connectivity index is 1.32. The second kappa shape index (κ2) is 8.51. The van der Waals surface area contributed by atoms with Crippen LogP contribution in [0.5, 0.6) is 0 Å². The van der Waals surface area contributed by atoms with Gasteiger partial charge in [-0.15, -0.1) is 0 Å². The van der Waals surface area contributed by atoms with Crippen LogP contribution in [0.3, 0.4) is 0 Å². The lowest BCUT2D eigenvalue weighted by Gasteiger charge is -2.06. The van der Waals surface area contributed by atoms with Gasteiger partial charge in [-0.2, -0.15) is 0 Å². The van der Waals surface area contributed by atoms with Crippen molar-refractivity contribution in [1.29, 1.82) is 0 Å². The topological polar surface area (TPSA) is 72.2 Å². The van der Waals surface area contributed by atoms with E-state index in [4.69, 9.17) is 0 Å². The Morgan fingerprint density at radius 2 is 1.61 bits per heavy atom. The van der Waals surface area contributed by atoms with E-state index in [-0.39, 0.29) is 24.1 Å². The molecule has 0 aliphatic carbocycles. The van der Waals surface area contributed by atoms with Crippen molar-refractivity contribution in [2.75, 3.05) is 0 Å². The van der Waals surface area contributed by atoms with E-state index in [0.717, 1.165) is 16.8 Å². The molecule has 0 spiro atoms. The van der Waals surface area contributed by atoms with Crippen LogP contribution in [0.15, 0.2) is 67.1 Å². The highest BCUT2D eigenvalue weighted by molar-refractivity contribution is 7.19. The molecule has 5 rings (SSSR count). The fourth-order valence-electron chi connectivity index (χ4n) is 3.44. The van der Waals surface area contributed by atoms with Crippen molar-refractivity contribution in [3.8, 4) is 22.5 Å². The molecule has 0 atom stereocenters. The zero-order valence-electron chi connectivity index (χ0n) is 17.4. The zero-order valence-corrected chi connectivity index (χ0v) is 18.2. The van der Waals surface area contributed by atoms with Gasteiger partial charge in [0.1, 0.15) is 22.8 Å². The Morgan fingerprint density at radius 1 is 0.970 bits per heavy atom. The fraction of sp³-hybridized carbons (Fsp3) is 0.0833. The number of halogens is 2. The summed E-state index contributed by atoms with van der Waals surface area (Å²) < 4.78 is 28.2. The van der Waals surface area contributed by atoms with Gasteiger partial charge >= 0.3 is 0 Å². The van der Waals surface area contributed by atoms with E-state index in [2.05, 4.69) is 20.3 Å². The normalized spacial score (nSPS) is 11.1. The molecule has 0 unspecified atom stereocenters. The Morgan fingerprint density at radius 3 is 2.24 bits per heavy atom. The SMILES string of the molecule is Cc1c(C(=O)NCc2cc(-c3ccc(F)cc3)ncn2)sc2nc(-c3ccc(F)cc3)cn12. The van der Waals surface area contributed by atoms with E-state index in [1.54, 1.807) is 30.3 Å². The molecular weight excluding hydrogens is 444 g/mol. The predicted molar refractivity (Wildman–Crippen MR) is 122 cm³/mol. The van der Waals surface area contributed by atoms with Crippen molar-refractivity contribution in [2.24, 2.45) is 0 Å². The zero-order chi connectivity index (χ0) is 22.9. The molecule has 0 aliphatic rings. The predicted octanol–water partition coefficient (Wildman–Crippen LogP) is 5.04. The van der Waals surface area contributed by atoms with Crippen LogP contribution in [-0.2, 0) is 6.54 Å². The third kappa shape index (κ3) is 4.22. The van der Waals surface area contributed by atoms with Crippen LogP contribution in [0, 0.1) is 18.6 Å². The number of benzene rings is 2. The third-order valence-electron chi connectivity index (χ3n) is 5.20. The summed E-state index contributed by atoms with van der Waals surface area (Å²) in [6.07, 6.45) is 3.26. The van der Waals surface area contributed by atoms with E-state index in [1.807, 2.05) is 17.5 Å². The maximum atomic E-state index is 13.2. The number of hydrogen-bond donors (Lipinski definition) is 1. The molecule has 0 fully saturated rings. The van der Waals surface area contributed by atoms with Gasteiger partial charge in [-0.25, -0.2) is 23.7 Å². The van der Waals surface area contributed by atoms with E-state index in [0.29, 0.717) is 26.9 Å². The molecule has 0 bridgehead atoms. The number of aryl methyl sites for hydroxylation is 1. The minimum atomic E-state index is -0.317. The molecule has 0 saturated carbocycles. The van der Waals surface area contributed by atoms with Gasteiger partial charge in [0.15, 0.2) is 4.96 Å². The van der Waals surface area contributed by atoms with Crippen LogP contribution < -0.4 is 5.32 Å². The first-order chi connectivity index (χ1) is 16.0. The Hall–Kier alpha value is -3.98. The number of nitrogens with zero attached hydrogens (tertiary/aromatic N) is 4. The summed E-state index contributed by atoms with van der Waals surface area (Å²) in [5, 5.41) is 2.89. The molecule has 2 aromatic carbocycles. The van der Waals surface area contributed by atoms with Crippen molar-refractivity contribution in [3.63, 3.8) is 0 Å². The van der Waals surface area contributed by atoms with Crippen molar-refractivity contribution in [3.05, 3.63) is 95.0 Å². The Kier molecular flexibility index (Phi) is 5.39. The molecule has 1 N–H and O–H groups in total. The number of thiazole rings is 1. The smallest absolute Gasteiger partial charge is 0.263 e. The molecule has 3 aromatic heterocycles. The summed E-state index contributed by atoms with van der Waals surface area (Å²) in [6, 6.07) is 13.9. The highest BCUT2D eigenvalue weighted by Gasteiger charge is 2.18. The van der Waals surface area contributed by atoms with Gasteiger partial charge < -0.3 is 5.32 Å². The second-order valence-electron chi connectivity index (χ2n) is 7.39. The summed E-state index contributed by atoms with van der Waals surface area (Å²) >= 11 is 1.28. The summed E-state index contributed by atoms with van der Waals surface area (Å²) in [5.74, 6) is -0.848.